The van der Waals surface area contributed by atoms with Gasteiger partial charge in [0, 0.05) is 13.1 Å². The number of urea groups is 1. The Morgan fingerprint density at radius 2 is 1.75 bits per heavy atom. The van der Waals surface area contributed by atoms with Crippen LogP contribution in [0.5, 0.6) is 5.75 Å². The second-order valence-corrected chi connectivity index (χ2v) is 6.00. The van der Waals surface area contributed by atoms with Crippen LogP contribution in [0.2, 0.25) is 0 Å². The lowest BCUT2D eigenvalue weighted by molar-refractivity contribution is 0.208. The summed E-state index contributed by atoms with van der Waals surface area (Å²) in [6.07, 6.45) is 0.962. The van der Waals surface area contributed by atoms with E-state index in [9.17, 15) is 4.79 Å². The number of carbonyl (C=O) groups is 1. The molecule has 24 heavy (non-hydrogen) atoms. The molecule has 2 amide bonds. The molecular weight excluding hydrogens is 300 g/mol. The lowest BCUT2D eigenvalue weighted by Gasteiger charge is -2.23. The number of anilines is 1. The molecule has 0 saturated carbocycles. The van der Waals surface area contributed by atoms with Crippen molar-refractivity contribution < 1.29 is 9.53 Å². The molecule has 0 aliphatic carbocycles. The number of amides is 2. The summed E-state index contributed by atoms with van der Waals surface area (Å²) in [5.41, 5.74) is 1.82. The van der Waals surface area contributed by atoms with E-state index >= 15 is 0 Å². The van der Waals surface area contributed by atoms with E-state index in [-0.39, 0.29) is 12.1 Å². The maximum Gasteiger partial charge on any atom is 0.322 e. The second kappa shape index (κ2) is 8.96. The molecule has 0 saturated heterocycles. The maximum atomic E-state index is 12.7. The van der Waals surface area contributed by atoms with Crippen LogP contribution in [-0.2, 0) is 6.54 Å². The maximum absolute atomic E-state index is 12.7. The molecule has 1 N–H and O–H groups in total. The van der Waals surface area contributed by atoms with E-state index < -0.39 is 0 Å². The topological polar surface area (TPSA) is 41.6 Å². The number of carbonyl (C=O) groups excluding carboxylic acids is 1. The first kappa shape index (κ1) is 17.9. The van der Waals surface area contributed by atoms with Crippen LogP contribution in [0.15, 0.2) is 54.6 Å². The van der Waals surface area contributed by atoms with Crippen molar-refractivity contribution in [1.82, 2.24) is 4.90 Å². The van der Waals surface area contributed by atoms with Crippen LogP contribution in [0.1, 0.15) is 32.8 Å². The fourth-order valence-electron chi connectivity index (χ4n) is 2.45. The molecule has 0 fully saturated rings. The molecule has 0 atom stereocenters. The summed E-state index contributed by atoms with van der Waals surface area (Å²) in [6.45, 7) is 7.30. The van der Waals surface area contributed by atoms with Crippen LogP contribution < -0.4 is 10.1 Å². The third kappa shape index (κ3) is 5.30. The molecule has 2 aromatic rings. The van der Waals surface area contributed by atoms with Gasteiger partial charge in [-0.15, -0.1) is 0 Å². The zero-order valence-electron chi connectivity index (χ0n) is 14.7. The molecule has 0 bridgehead atoms. The highest BCUT2D eigenvalue weighted by Gasteiger charge is 2.15. The summed E-state index contributed by atoms with van der Waals surface area (Å²) in [4.78, 5) is 14.5. The van der Waals surface area contributed by atoms with Crippen molar-refractivity contribution in [1.29, 1.82) is 0 Å². The Hall–Kier alpha value is -2.49. The minimum Gasteiger partial charge on any atom is -0.489 e. The highest BCUT2D eigenvalue weighted by atomic mass is 16.5. The largest absolute Gasteiger partial charge is 0.489 e. The molecule has 2 rings (SSSR count). The summed E-state index contributed by atoms with van der Waals surface area (Å²) < 4.78 is 5.77. The Balaban J connectivity index is 2.10. The average molecular weight is 326 g/mol. The van der Waals surface area contributed by atoms with Crippen molar-refractivity contribution in [2.24, 2.45) is 0 Å². The number of rotatable bonds is 7. The Labute approximate surface area is 144 Å². The average Bonchev–Trinajstić information content (AvgIpc) is 2.57. The number of nitrogens with one attached hydrogen (secondary N) is 1. The van der Waals surface area contributed by atoms with Gasteiger partial charge in [0.2, 0.25) is 0 Å². The van der Waals surface area contributed by atoms with Gasteiger partial charge in [-0.2, -0.15) is 0 Å². The molecule has 0 aromatic heterocycles. The molecule has 0 aliphatic heterocycles. The molecule has 128 valence electrons. The number of hydrogen-bond acceptors (Lipinski definition) is 2. The first-order chi connectivity index (χ1) is 11.6. The predicted molar refractivity (Wildman–Crippen MR) is 98.4 cm³/mol. The van der Waals surface area contributed by atoms with Gasteiger partial charge in [0.25, 0.3) is 0 Å². The predicted octanol–water partition coefficient (Wildman–Crippen LogP) is 4.92. The minimum absolute atomic E-state index is 0.0547. The lowest BCUT2D eigenvalue weighted by Crippen LogP contribution is -2.35. The van der Waals surface area contributed by atoms with Gasteiger partial charge in [-0.3, -0.25) is 0 Å². The number of ether oxygens (including phenoxy) is 1. The molecule has 4 heteroatoms. The van der Waals surface area contributed by atoms with Gasteiger partial charge >= 0.3 is 6.03 Å². The van der Waals surface area contributed by atoms with E-state index in [0.717, 1.165) is 12.0 Å². The second-order valence-electron chi connectivity index (χ2n) is 6.00. The fourth-order valence-corrected chi connectivity index (χ4v) is 2.45. The van der Waals surface area contributed by atoms with Crippen molar-refractivity contribution in [2.45, 2.75) is 39.8 Å². The standard InChI is InChI=1S/C20H26N2O2/c1-4-14-22(15-17-10-6-5-7-11-17)20(23)21-18-12-8-9-13-19(18)24-16(2)3/h5-13,16H,4,14-15H2,1-3H3,(H,21,23). The van der Waals surface area contributed by atoms with Gasteiger partial charge in [-0.05, 0) is 38.0 Å². The van der Waals surface area contributed by atoms with E-state index in [1.54, 1.807) is 0 Å². The number of para-hydroxylation sites is 2. The third-order valence-electron chi connectivity index (χ3n) is 3.49. The highest BCUT2D eigenvalue weighted by molar-refractivity contribution is 5.91. The van der Waals surface area contributed by atoms with E-state index in [4.69, 9.17) is 4.74 Å². The van der Waals surface area contributed by atoms with Gasteiger partial charge in [-0.25, -0.2) is 4.79 Å². The Kier molecular flexibility index (Phi) is 6.67. The van der Waals surface area contributed by atoms with E-state index in [1.165, 1.54) is 0 Å². The van der Waals surface area contributed by atoms with E-state index in [1.807, 2.05) is 73.3 Å². The highest BCUT2D eigenvalue weighted by Crippen LogP contribution is 2.25. The van der Waals surface area contributed by atoms with Gasteiger partial charge in [-0.1, -0.05) is 49.4 Å². The van der Waals surface area contributed by atoms with Crippen LogP contribution >= 0.6 is 0 Å². The normalized spacial score (nSPS) is 10.5. The smallest absolute Gasteiger partial charge is 0.322 e. The molecule has 0 aliphatic rings. The first-order valence-corrected chi connectivity index (χ1v) is 8.45. The fraction of sp³-hybridized carbons (Fsp3) is 0.350. The SMILES string of the molecule is CCCN(Cc1ccccc1)C(=O)Nc1ccccc1OC(C)C. The molecule has 4 nitrogen and oxygen atoms in total. The van der Waals surface area contributed by atoms with Gasteiger partial charge in [0.1, 0.15) is 5.75 Å². The van der Waals surface area contributed by atoms with Crippen LogP contribution in [-0.4, -0.2) is 23.6 Å². The zero-order chi connectivity index (χ0) is 17.4. The molecule has 2 aromatic carbocycles. The number of hydrogen-bond donors (Lipinski definition) is 1. The van der Waals surface area contributed by atoms with Crippen molar-refractivity contribution in [3.63, 3.8) is 0 Å². The molecule has 0 spiro atoms. The molecular formula is C20H26N2O2. The monoisotopic (exact) mass is 326 g/mol. The summed E-state index contributed by atoms with van der Waals surface area (Å²) in [6, 6.07) is 17.4. The first-order valence-electron chi connectivity index (χ1n) is 8.45. The Morgan fingerprint density at radius 3 is 2.42 bits per heavy atom. The van der Waals surface area contributed by atoms with Crippen LogP contribution in [0.25, 0.3) is 0 Å². The quantitative estimate of drug-likeness (QED) is 0.785. The van der Waals surface area contributed by atoms with Crippen molar-refractivity contribution in [2.75, 3.05) is 11.9 Å². The summed E-state index contributed by atoms with van der Waals surface area (Å²) >= 11 is 0. The van der Waals surface area contributed by atoms with Crippen molar-refractivity contribution in [3.05, 3.63) is 60.2 Å². The van der Waals surface area contributed by atoms with E-state index in [2.05, 4.69) is 12.2 Å². The number of benzene rings is 2. The Bertz CT molecular complexity index is 641. The molecule has 0 unspecified atom stereocenters. The zero-order valence-corrected chi connectivity index (χ0v) is 14.7. The summed E-state index contributed by atoms with van der Waals surface area (Å²) in [7, 11) is 0. The van der Waals surface area contributed by atoms with Crippen molar-refractivity contribution in [3.8, 4) is 5.75 Å². The summed E-state index contributed by atoms with van der Waals surface area (Å²) in [5.74, 6) is 0.692. The van der Waals surface area contributed by atoms with Crippen LogP contribution in [0.3, 0.4) is 0 Å². The van der Waals surface area contributed by atoms with Gasteiger partial charge < -0.3 is 15.0 Å². The van der Waals surface area contributed by atoms with Gasteiger partial charge in [0.05, 0.1) is 11.8 Å². The Morgan fingerprint density at radius 1 is 1.08 bits per heavy atom. The van der Waals surface area contributed by atoms with Gasteiger partial charge in [0.15, 0.2) is 0 Å². The summed E-state index contributed by atoms with van der Waals surface area (Å²) in [5, 5.41) is 2.98. The lowest BCUT2D eigenvalue weighted by atomic mass is 10.2. The van der Waals surface area contributed by atoms with Crippen LogP contribution in [0, 0.1) is 0 Å². The number of nitrogens with zero attached hydrogens (tertiary/aromatic N) is 1. The van der Waals surface area contributed by atoms with E-state index in [0.29, 0.717) is 24.5 Å². The molecule has 0 heterocycles. The van der Waals surface area contributed by atoms with Crippen molar-refractivity contribution >= 4 is 11.7 Å². The van der Waals surface area contributed by atoms with Crippen LogP contribution in [0.4, 0.5) is 10.5 Å². The third-order valence-corrected chi connectivity index (χ3v) is 3.49. The minimum atomic E-state index is -0.111. The molecule has 0 radical (unpaired) electrons.